The van der Waals surface area contributed by atoms with E-state index < -0.39 is 0 Å². The van der Waals surface area contributed by atoms with Crippen LogP contribution in [0.1, 0.15) is 0 Å². The molecule has 3 rings (SSSR count). The molecule has 0 aliphatic carbocycles. The summed E-state index contributed by atoms with van der Waals surface area (Å²) < 4.78 is 1.19. The van der Waals surface area contributed by atoms with Crippen LogP contribution in [0.5, 0.6) is 0 Å². The van der Waals surface area contributed by atoms with E-state index in [0.29, 0.717) is 0 Å². The number of rotatable bonds is 2. The van der Waals surface area contributed by atoms with Crippen molar-refractivity contribution >= 4 is 27.3 Å². The van der Waals surface area contributed by atoms with E-state index in [-0.39, 0.29) is 0 Å². The minimum absolute atomic E-state index is 1.19. The Hall–Kier alpha value is -1.38. The number of benzene rings is 2. The van der Waals surface area contributed by atoms with Gasteiger partial charge in [0.05, 0.1) is 3.79 Å². The molecule has 0 bridgehead atoms. The zero-order chi connectivity index (χ0) is 12.4. The Morgan fingerprint density at radius 1 is 0.722 bits per heavy atom. The summed E-state index contributed by atoms with van der Waals surface area (Å²) in [5.74, 6) is 0. The summed E-state index contributed by atoms with van der Waals surface area (Å²) in [5.41, 5.74) is 3.78. The molecule has 0 saturated heterocycles. The van der Waals surface area contributed by atoms with Crippen LogP contribution in [-0.4, -0.2) is 0 Å². The molecule has 0 aliphatic rings. The lowest BCUT2D eigenvalue weighted by Gasteiger charge is -1.97. The van der Waals surface area contributed by atoms with Crippen molar-refractivity contribution in [2.45, 2.75) is 0 Å². The Balaban J connectivity index is 2.07. The molecule has 0 atom stereocenters. The molecule has 88 valence electrons. The van der Waals surface area contributed by atoms with Gasteiger partial charge in [-0.25, -0.2) is 0 Å². The molecular weight excluding hydrogens is 304 g/mol. The third-order valence-corrected chi connectivity index (χ3v) is 4.72. The van der Waals surface area contributed by atoms with Gasteiger partial charge in [0.15, 0.2) is 0 Å². The van der Waals surface area contributed by atoms with E-state index in [1.807, 2.05) is 12.1 Å². The van der Waals surface area contributed by atoms with Crippen molar-refractivity contribution in [2.24, 2.45) is 0 Å². The van der Waals surface area contributed by atoms with Crippen molar-refractivity contribution in [1.82, 2.24) is 0 Å². The molecule has 1 aromatic heterocycles. The minimum atomic E-state index is 1.19. The molecular formula is C16H11BrS. The van der Waals surface area contributed by atoms with Gasteiger partial charge in [-0.05, 0) is 33.1 Å². The molecule has 3 aromatic rings. The topological polar surface area (TPSA) is 0 Å². The summed E-state index contributed by atoms with van der Waals surface area (Å²) in [4.78, 5) is 1.29. The largest absolute Gasteiger partial charge is 0.128 e. The van der Waals surface area contributed by atoms with E-state index in [4.69, 9.17) is 0 Å². The van der Waals surface area contributed by atoms with Crippen LogP contribution in [-0.2, 0) is 0 Å². The van der Waals surface area contributed by atoms with Crippen LogP contribution in [0, 0.1) is 0 Å². The Bertz CT molecular complexity index is 641. The molecule has 1 heterocycles. The van der Waals surface area contributed by atoms with E-state index in [1.54, 1.807) is 11.3 Å². The van der Waals surface area contributed by atoms with Crippen molar-refractivity contribution < 1.29 is 0 Å². The fraction of sp³-hybridized carbons (Fsp3) is 0. The molecule has 0 spiro atoms. The van der Waals surface area contributed by atoms with Crippen LogP contribution in [0.2, 0.25) is 0 Å². The van der Waals surface area contributed by atoms with Crippen molar-refractivity contribution in [3.63, 3.8) is 0 Å². The van der Waals surface area contributed by atoms with Crippen molar-refractivity contribution in [3.8, 4) is 21.6 Å². The Morgan fingerprint density at radius 3 is 1.89 bits per heavy atom. The molecule has 0 unspecified atom stereocenters. The highest BCUT2D eigenvalue weighted by atomic mass is 79.9. The first-order chi connectivity index (χ1) is 8.84. The normalized spacial score (nSPS) is 10.5. The van der Waals surface area contributed by atoms with Gasteiger partial charge < -0.3 is 0 Å². The zero-order valence-corrected chi connectivity index (χ0v) is 12.0. The molecule has 18 heavy (non-hydrogen) atoms. The van der Waals surface area contributed by atoms with Crippen LogP contribution in [0.25, 0.3) is 21.6 Å². The first-order valence-corrected chi connectivity index (χ1v) is 7.36. The molecule has 0 fully saturated rings. The van der Waals surface area contributed by atoms with Gasteiger partial charge in [0.1, 0.15) is 0 Å². The van der Waals surface area contributed by atoms with E-state index in [9.17, 15) is 0 Å². The van der Waals surface area contributed by atoms with Crippen LogP contribution < -0.4 is 0 Å². The van der Waals surface area contributed by atoms with Gasteiger partial charge in [-0.15, -0.1) is 11.3 Å². The van der Waals surface area contributed by atoms with Gasteiger partial charge >= 0.3 is 0 Å². The van der Waals surface area contributed by atoms with Gasteiger partial charge in [0, 0.05) is 10.4 Å². The second kappa shape index (κ2) is 5.09. The summed E-state index contributed by atoms with van der Waals surface area (Å²) >= 11 is 5.45. The van der Waals surface area contributed by atoms with Gasteiger partial charge in [-0.1, -0.05) is 60.7 Å². The maximum absolute atomic E-state index is 3.67. The Labute approximate surface area is 119 Å². The highest BCUT2D eigenvalue weighted by Gasteiger charge is 2.09. The quantitative estimate of drug-likeness (QED) is 0.557. The third-order valence-electron chi connectivity index (χ3n) is 2.83. The standard InChI is InChI=1S/C16H11BrS/c17-16-14(12-7-3-1-4-8-12)11-15(18-16)13-9-5-2-6-10-13/h1-11H. The first kappa shape index (κ1) is 11.7. The fourth-order valence-corrected chi connectivity index (χ4v) is 3.71. The monoisotopic (exact) mass is 314 g/mol. The van der Waals surface area contributed by atoms with Crippen molar-refractivity contribution in [1.29, 1.82) is 0 Å². The average Bonchev–Trinajstić information content (AvgIpc) is 2.83. The maximum Gasteiger partial charge on any atom is 0.0783 e. The maximum atomic E-state index is 3.67. The number of thiophene rings is 1. The highest BCUT2D eigenvalue weighted by molar-refractivity contribution is 9.11. The lowest BCUT2D eigenvalue weighted by Crippen LogP contribution is -1.73. The predicted octanol–water partition coefficient (Wildman–Crippen LogP) is 5.84. The fourth-order valence-electron chi connectivity index (χ4n) is 1.93. The molecule has 2 heteroatoms. The second-order valence-corrected chi connectivity index (χ2v) is 6.40. The van der Waals surface area contributed by atoms with Gasteiger partial charge in [-0.3, -0.25) is 0 Å². The van der Waals surface area contributed by atoms with Crippen molar-refractivity contribution in [2.75, 3.05) is 0 Å². The SMILES string of the molecule is Brc1sc(-c2ccccc2)cc1-c1ccccc1. The third kappa shape index (κ3) is 2.26. The smallest absolute Gasteiger partial charge is 0.0783 e. The first-order valence-electron chi connectivity index (χ1n) is 5.75. The van der Waals surface area contributed by atoms with E-state index in [0.717, 1.165) is 0 Å². The van der Waals surface area contributed by atoms with Crippen LogP contribution >= 0.6 is 27.3 Å². The molecule has 2 aromatic carbocycles. The summed E-state index contributed by atoms with van der Waals surface area (Å²) in [5, 5.41) is 0. The minimum Gasteiger partial charge on any atom is -0.128 e. The number of halogens is 1. The van der Waals surface area contributed by atoms with Crippen LogP contribution in [0.3, 0.4) is 0 Å². The van der Waals surface area contributed by atoms with E-state index in [2.05, 4.69) is 70.5 Å². The number of hydrogen-bond acceptors (Lipinski definition) is 1. The molecule has 0 amide bonds. The van der Waals surface area contributed by atoms with Crippen molar-refractivity contribution in [3.05, 3.63) is 70.5 Å². The zero-order valence-electron chi connectivity index (χ0n) is 9.64. The highest BCUT2D eigenvalue weighted by Crippen LogP contribution is 2.40. The molecule has 0 radical (unpaired) electrons. The Morgan fingerprint density at radius 2 is 1.28 bits per heavy atom. The average molecular weight is 315 g/mol. The van der Waals surface area contributed by atoms with Gasteiger partial charge in [-0.2, -0.15) is 0 Å². The molecule has 0 aliphatic heterocycles. The van der Waals surface area contributed by atoms with E-state index in [1.165, 1.54) is 25.4 Å². The van der Waals surface area contributed by atoms with Crippen LogP contribution in [0.15, 0.2) is 70.5 Å². The van der Waals surface area contributed by atoms with Gasteiger partial charge in [0.2, 0.25) is 0 Å². The summed E-state index contributed by atoms with van der Waals surface area (Å²) in [7, 11) is 0. The summed E-state index contributed by atoms with van der Waals surface area (Å²) in [6, 6.07) is 23.2. The summed E-state index contributed by atoms with van der Waals surface area (Å²) in [6.45, 7) is 0. The molecule has 0 nitrogen and oxygen atoms in total. The lowest BCUT2D eigenvalue weighted by atomic mass is 10.1. The molecule has 0 saturated carbocycles. The van der Waals surface area contributed by atoms with Gasteiger partial charge in [0.25, 0.3) is 0 Å². The second-order valence-electron chi connectivity index (χ2n) is 4.03. The molecule has 0 N–H and O–H groups in total. The predicted molar refractivity (Wildman–Crippen MR) is 82.9 cm³/mol. The lowest BCUT2D eigenvalue weighted by molar-refractivity contribution is 1.66. The summed E-state index contributed by atoms with van der Waals surface area (Å²) in [6.07, 6.45) is 0. The number of hydrogen-bond donors (Lipinski definition) is 0. The van der Waals surface area contributed by atoms with E-state index >= 15 is 0 Å². The van der Waals surface area contributed by atoms with Crippen LogP contribution in [0.4, 0.5) is 0 Å². The Kier molecular flexibility index (Phi) is 3.31.